The molecule has 18 heavy (non-hydrogen) atoms. The van der Waals surface area contributed by atoms with Crippen molar-refractivity contribution in [1.82, 2.24) is 9.78 Å². The molecule has 5 heteroatoms. The van der Waals surface area contributed by atoms with Crippen LogP contribution in [0.5, 0.6) is 5.75 Å². The van der Waals surface area contributed by atoms with Gasteiger partial charge in [0.05, 0.1) is 13.3 Å². The molecule has 0 aromatic carbocycles. The Kier molecular flexibility index (Phi) is 4.01. The van der Waals surface area contributed by atoms with Gasteiger partial charge in [-0.3, -0.25) is 9.48 Å². The Hall–Kier alpha value is -1.36. The Morgan fingerprint density at radius 2 is 2.39 bits per heavy atom. The average molecular weight is 251 g/mol. The molecule has 0 aliphatic heterocycles. The van der Waals surface area contributed by atoms with Crippen molar-refractivity contribution < 1.29 is 9.53 Å². The molecule has 1 aliphatic carbocycles. The van der Waals surface area contributed by atoms with E-state index in [2.05, 4.69) is 12.0 Å². The second kappa shape index (κ2) is 5.52. The summed E-state index contributed by atoms with van der Waals surface area (Å²) in [5.41, 5.74) is 6.58. The second-order valence-electron chi connectivity index (χ2n) is 4.91. The largest absolute Gasteiger partial charge is 0.493 e. The van der Waals surface area contributed by atoms with Crippen LogP contribution in [0.1, 0.15) is 43.1 Å². The molecule has 1 heterocycles. The summed E-state index contributed by atoms with van der Waals surface area (Å²) in [4.78, 5) is 12.3. The van der Waals surface area contributed by atoms with Gasteiger partial charge >= 0.3 is 0 Å². The molecule has 1 aliphatic rings. The van der Waals surface area contributed by atoms with Gasteiger partial charge in [0.25, 0.3) is 0 Å². The molecule has 1 aromatic heterocycles. The summed E-state index contributed by atoms with van der Waals surface area (Å²) in [7, 11) is 1.56. The first kappa shape index (κ1) is 13.1. The van der Waals surface area contributed by atoms with Crippen molar-refractivity contribution in [3.8, 4) is 5.75 Å². The Balaban J connectivity index is 2.13. The number of hydrogen-bond acceptors (Lipinski definition) is 4. The molecule has 2 rings (SSSR count). The molecule has 0 saturated heterocycles. The van der Waals surface area contributed by atoms with Crippen LogP contribution >= 0.6 is 0 Å². The quantitative estimate of drug-likeness (QED) is 0.747. The van der Waals surface area contributed by atoms with Crippen molar-refractivity contribution in [3.05, 3.63) is 11.9 Å². The molecule has 0 bridgehead atoms. The highest BCUT2D eigenvalue weighted by Gasteiger charge is 2.31. The van der Waals surface area contributed by atoms with Crippen LogP contribution in [0.15, 0.2) is 6.20 Å². The SMILES string of the molecule is CCCn1ncc(OC)c1C(=O)CC(N)C1CC1. The topological polar surface area (TPSA) is 70.1 Å². The fourth-order valence-corrected chi connectivity index (χ4v) is 2.18. The highest BCUT2D eigenvalue weighted by Crippen LogP contribution is 2.33. The van der Waals surface area contributed by atoms with E-state index in [1.165, 1.54) is 0 Å². The minimum Gasteiger partial charge on any atom is -0.493 e. The first-order valence-electron chi connectivity index (χ1n) is 6.56. The fraction of sp³-hybridized carbons (Fsp3) is 0.692. The lowest BCUT2D eigenvalue weighted by Gasteiger charge is -2.11. The molecule has 5 nitrogen and oxygen atoms in total. The van der Waals surface area contributed by atoms with Crippen LogP contribution in [0.4, 0.5) is 0 Å². The van der Waals surface area contributed by atoms with Crippen LogP contribution in [0.3, 0.4) is 0 Å². The van der Waals surface area contributed by atoms with E-state index in [-0.39, 0.29) is 11.8 Å². The Labute approximate surface area is 107 Å². The molecule has 0 radical (unpaired) electrons. The standard InChI is InChI=1S/C13H21N3O2/c1-3-6-16-13(12(18-2)8-15-16)11(17)7-10(14)9-4-5-9/h8-10H,3-7,14H2,1-2H3. The van der Waals surface area contributed by atoms with Crippen molar-refractivity contribution in [1.29, 1.82) is 0 Å². The third kappa shape index (κ3) is 2.72. The van der Waals surface area contributed by atoms with Gasteiger partial charge in [-0.15, -0.1) is 0 Å². The number of nitrogens with zero attached hydrogens (tertiary/aromatic N) is 2. The zero-order valence-electron chi connectivity index (χ0n) is 11.1. The zero-order chi connectivity index (χ0) is 13.1. The summed E-state index contributed by atoms with van der Waals surface area (Å²) in [6.07, 6.45) is 5.22. The Bertz CT molecular complexity index is 424. The maximum absolute atomic E-state index is 12.3. The van der Waals surface area contributed by atoms with Gasteiger partial charge in [-0.25, -0.2) is 0 Å². The number of Topliss-reactive ketones (excluding diaryl/α,β-unsaturated/α-hetero) is 1. The van der Waals surface area contributed by atoms with E-state index in [0.717, 1.165) is 25.8 Å². The molecule has 1 aromatic rings. The number of rotatable bonds is 7. The molecule has 2 N–H and O–H groups in total. The van der Waals surface area contributed by atoms with Gasteiger partial charge in [-0.05, 0) is 25.2 Å². The van der Waals surface area contributed by atoms with Crippen molar-refractivity contribution in [2.45, 2.75) is 45.2 Å². The van der Waals surface area contributed by atoms with Crippen molar-refractivity contribution in [2.75, 3.05) is 7.11 Å². The predicted octanol–water partition coefficient (Wildman–Crippen LogP) is 1.61. The van der Waals surface area contributed by atoms with Gasteiger partial charge in [0.2, 0.25) is 0 Å². The number of carbonyl (C=O) groups is 1. The number of hydrogen-bond donors (Lipinski definition) is 1. The molecule has 0 spiro atoms. The summed E-state index contributed by atoms with van der Waals surface area (Å²) in [5.74, 6) is 1.12. The van der Waals surface area contributed by atoms with Crippen molar-refractivity contribution >= 4 is 5.78 Å². The van der Waals surface area contributed by atoms with E-state index in [1.54, 1.807) is 18.0 Å². The van der Waals surface area contributed by atoms with E-state index in [4.69, 9.17) is 10.5 Å². The van der Waals surface area contributed by atoms with Gasteiger partial charge in [0.15, 0.2) is 11.5 Å². The lowest BCUT2D eigenvalue weighted by molar-refractivity contribution is 0.0957. The summed E-state index contributed by atoms with van der Waals surface area (Å²) in [6, 6.07) is -0.0211. The summed E-state index contributed by atoms with van der Waals surface area (Å²) < 4.78 is 6.93. The smallest absolute Gasteiger partial charge is 0.186 e. The number of aryl methyl sites for hydroxylation is 1. The summed E-state index contributed by atoms with van der Waals surface area (Å²) in [6.45, 7) is 2.78. The molecule has 1 saturated carbocycles. The van der Waals surface area contributed by atoms with Gasteiger partial charge in [-0.1, -0.05) is 6.92 Å². The van der Waals surface area contributed by atoms with Gasteiger partial charge in [-0.2, -0.15) is 5.10 Å². The molecular weight excluding hydrogens is 230 g/mol. The number of carbonyl (C=O) groups excluding carboxylic acids is 1. The highest BCUT2D eigenvalue weighted by atomic mass is 16.5. The van der Waals surface area contributed by atoms with E-state index >= 15 is 0 Å². The second-order valence-corrected chi connectivity index (χ2v) is 4.91. The zero-order valence-corrected chi connectivity index (χ0v) is 11.1. The van der Waals surface area contributed by atoms with Gasteiger partial charge in [0.1, 0.15) is 5.69 Å². The van der Waals surface area contributed by atoms with E-state index in [9.17, 15) is 4.79 Å². The van der Waals surface area contributed by atoms with E-state index in [0.29, 0.717) is 23.8 Å². The predicted molar refractivity (Wildman–Crippen MR) is 68.7 cm³/mol. The maximum Gasteiger partial charge on any atom is 0.186 e. The van der Waals surface area contributed by atoms with E-state index in [1.807, 2.05) is 0 Å². The highest BCUT2D eigenvalue weighted by molar-refractivity contribution is 5.97. The number of nitrogens with two attached hydrogens (primary N) is 1. The van der Waals surface area contributed by atoms with Crippen LogP contribution in [-0.2, 0) is 6.54 Å². The van der Waals surface area contributed by atoms with Crippen molar-refractivity contribution in [2.24, 2.45) is 11.7 Å². The first-order chi connectivity index (χ1) is 8.67. The van der Waals surface area contributed by atoms with Crippen LogP contribution in [0, 0.1) is 5.92 Å². The van der Waals surface area contributed by atoms with Crippen LogP contribution in [0.2, 0.25) is 0 Å². The number of aromatic nitrogens is 2. The van der Waals surface area contributed by atoms with Crippen LogP contribution < -0.4 is 10.5 Å². The van der Waals surface area contributed by atoms with Crippen LogP contribution in [0.25, 0.3) is 0 Å². The lowest BCUT2D eigenvalue weighted by Crippen LogP contribution is -2.27. The van der Waals surface area contributed by atoms with Gasteiger partial charge in [0, 0.05) is 19.0 Å². The van der Waals surface area contributed by atoms with Crippen molar-refractivity contribution in [3.63, 3.8) is 0 Å². The molecule has 1 fully saturated rings. The molecule has 1 unspecified atom stereocenters. The fourth-order valence-electron chi connectivity index (χ4n) is 2.18. The Morgan fingerprint density at radius 1 is 1.67 bits per heavy atom. The molecule has 0 amide bonds. The number of ketones is 1. The van der Waals surface area contributed by atoms with E-state index < -0.39 is 0 Å². The molecular formula is C13H21N3O2. The number of methoxy groups -OCH3 is 1. The molecule has 1 atom stereocenters. The van der Waals surface area contributed by atoms with Crippen LogP contribution in [-0.4, -0.2) is 28.7 Å². The summed E-state index contributed by atoms with van der Waals surface area (Å²) in [5, 5.41) is 4.20. The monoisotopic (exact) mass is 251 g/mol. The molecule has 100 valence electrons. The third-order valence-electron chi connectivity index (χ3n) is 3.37. The average Bonchev–Trinajstić information content (AvgIpc) is 3.11. The van der Waals surface area contributed by atoms with Gasteiger partial charge < -0.3 is 10.5 Å². The maximum atomic E-state index is 12.3. The Morgan fingerprint density at radius 3 is 2.94 bits per heavy atom. The first-order valence-corrected chi connectivity index (χ1v) is 6.56. The minimum absolute atomic E-state index is 0.0211. The summed E-state index contributed by atoms with van der Waals surface area (Å²) >= 11 is 0. The normalized spacial score (nSPS) is 16.6. The minimum atomic E-state index is -0.0211. The lowest BCUT2D eigenvalue weighted by atomic mass is 10.0. The number of ether oxygens (including phenoxy) is 1. The third-order valence-corrected chi connectivity index (χ3v) is 3.37.